The van der Waals surface area contributed by atoms with Crippen LogP contribution in [0.1, 0.15) is 28.0 Å². The first kappa shape index (κ1) is 13.5. The predicted octanol–water partition coefficient (Wildman–Crippen LogP) is 2.02. The summed E-state index contributed by atoms with van der Waals surface area (Å²) in [7, 11) is 0. The van der Waals surface area contributed by atoms with Crippen molar-refractivity contribution in [1.29, 1.82) is 0 Å². The van der Waals surface area contributed by atoms with E-state index in [1.807, 2.05) is 13.1 Å². The zero-order valence-electron chi connectivity index (χ0n) is 10.5. The molecule has 0 aliphatic rings. The van der Waals surface area contributed by atoms with Gasteiger partial charge in [0.2, 0.25) is 0 Å². The van der Waals surface area contributed by atoms with Crippen molar-refractivity contribution >= 4 is 23.7 Å². The molecule has 2 heterocycles. The van der Waals surface area contributed by atoms with E-state index in [4.69, 9.17) is 11.6 Å². The van der Waals surface area contributed by atoms with Crippen molar-refractivity contribution in [2.24, 2.45) is 0 Å². The number of carbonyl (C=O) groups is 1. The number of halogens is 1. The van der Waals surface area contributed by atoms with Gasteiger partial charge in [0.1, 0.15) is 17.3 Å². The fourth-order valence-electron chi connectivity index (χ4n) is 1.73. The zero-order valence-corrected chi connectivity index (χ0v) is 11.2. The molecule has 2 aromatic rings. The molecule has 0 aliphatic carbocycles. The quantitative estimate of drug-likeness (QED) is 0.480. The smallest absolute Gasteiger partial charge is 0.156 e. The number of hydrogen-bond donors (Lipinski definition) is 2. The van der Waals surface area contributed by atoms with Gasteiger partial charge in [-0.3, -0.25) is 9.89 Å². The molecule has 2 rings (SSSR count). The fourth-order valence-corrected chi connectivity index (χ4v) is 1.91. The Morgan fingerprint density at radius 3 is 3.00 bits per heavy atom. The van der Waals surface area contributed by atoms with Crippen LogP contribution in [0.2, 0.25) is 5.15 Å². The van der Waals surface area contributed by atoms with E-state index in [9.17, 15) is 4.79 Å². The molecular weight excluding hydrogens is 266 g/mol. The molecule has 0 unspecified atom stereocenters. The standard InChI is InChI=1S/C12H14ClN5O/c1-8-9(5-17-18-8)3-2-4-14-12-10(6-19)11(13)15-7-16-12/h5-7H,2-4H2,1H3,(H,17,18)(H,14,15,16). The second kappa shape index (κ2) is 6.29. The number of H-pyrrole nitrogens is 1. The Bertz CT molecular complexity index is 569. The molecule has 0 amide bonds. The number of anilines is 1. The molecule has 0 bridgehead atoms. The summed E-state index contributed by atoms with van der Waals surface area (Å²) in [5.41, 5.74) is 2.57. The molecule has 0 radical (unpaired) electrons. The Morgan fingerprint density at radius 1 is 1.47 bits per heavy atom. The normalized spacial score (nSPS) is 10.4. The average Bonchev–Trinajstić information content (AvgIpc) is 2.80. The SMILES string of the molecule is Cc1[nH]ncc1CCCNc1ncnc(Cl)c1C=O. The van der Waals surface area contributed by atoms with E-state index in [1.54, 1.807) is 0 Å². The average molecular weight is 280 g/mol. The third-order valence-corrected chi connectivity index (χ3v) is 3.10. The molecule has 7 heteroatoms. The second-order valence-electron chi connectivity index (χ2n) is 4.10. The van der Waals surface area contributed by atoms with Crippen molar-refractivity contribution in [1.82, 2.24) is 20.2 Å². The molecule has 6 nitrogen and oxygen atoms in total. The largest absolute Gasteiger partial charge is 0.369 e. The van der Waals surface area contributed by atoms with Gasteiger partial charge in [0.05, 0.1) is 11.8 Å². The van der Waals surface area contributed by atoms with Crippen LogP contribution >= 0.6 is 11.6 Å². The number of carbonyl (C=O) groups excluding carboxylic acids is 1. The van der Waals surface area contributed by atoms with Gasteiger partial charge in [0.15, 0.2) is 6.29 Å². The summed E-state index contributed by atoms with van der Waals surface area (Å²) in [5.74, 6) is 0.471. The van der Waals surface area contributed by atoms with Crippen molar-refractivity contribution in [3.05, 3.63) is 34.5 Å². The fraction of sp³-hybridized carbons (Fsp3) is 0.333. The van der Waals surface area contributed by atoms with Gasteiger partial charge in [-0.2, -0.15) is 5.10 Å². The predicted molar refractivity (Wildman–Crippen MR) is 72.6 cm³/mol. The lowest BCUT2D eigenvalue weighted by atomic mass is 10.1. The molecule has 0 atom stereocenters. The summed E-state index contributed by atoms with van der Waals surface area (Å²) in [6.07, 6.45) is 5.63. The van der Waals surface area contributed by atoms with E-state index in [1.165, 1.54) is 11.9 Å². The Hall–Kier alpha value is -1.95. The summed E-state index contributed by atoms with van der Waals surface area (Å²) < 4.78 is 0. The highest BCUT2D eigenvalue weighted by Gasteiger charge is 2.08. The molecule has 0 fully saturated rings. The van der Waals surface area contributed by atoms with Gasteiger partial charge in [0.25, 0.3) is 0 Å². The zero-order chi connectivity index (χ0) is 13.7. The minimum atomic E-state index is 0.165. The van der Waals surface area contributed by atoms with Crippen LogP contribution in [0.3, 0.4) is 0 Å². The maximum atomic E-state index is 10.9. The first-order valence-corrected chi connectivity index (χ1v) is 6.28. The van der Waals surface area contributed by atoms with Gasteiger partial charge < -0.3 is 5.32 Å². The van der Waals surface area contributed by atoms with Gasteiger partial charge >= 0.3 is 0 Å². The van der Waals surface area contributed by atoms with Crippen LogP contribution in [-0.2, 0) is 6.42 Å². The van der Waals surface area contributed by atoms with E-state index in [-0.39, 0.29) is 5.15 Å². The van der Waals surface area contributed by atoms with E-state index in [0.717, 1.165) is 18.5 Å². The van der Waals surface area contributed by atoms with Gasteiger partial charge in [-0.05, 0) is 25.3 Å². The lowest BCUT2D eigenvalue weighted by Gasteiger charge is -2.07. The Labute approximate surface area is 115 Å². The monoisotopic (exact) mass is 279 g/mol. The lowest BCUT2D eigenvalue weighted by Crippen LogP contribution is -2.08. The number of aldehydes is 1. The maximum absolute atomic E-state index is 10.9. The highest BCUT2D eigenvalue weighted by atomic mass is 35.5. The maximum Gasteiger partial charge on any atom is 0.156 e. The number of aromatic nitrogens is 4. The minimum absolute atomic E-state index is 0.165. The molecule has 2 aromatic heterocycles. The van der Waals surface area contributed by atoms with Gasteiger partial charge in [-0.1, -0.05) is 11.6 Å². The van der Waals surface area contributed by atoms with E-state index in [0.29, 0.717) is 24.2 Å². The number of rotatable bonds is 6. The van der Waals surface area contributed by atoms with E-state index >= 15 is 0 Å². The lowest BCUT2D eigenvalue weighted by molar-refractivity contribution is 0.112. The molecular formula is C12H14ClN5O. The van der Waals surface area contributed by atoms with Crippen LogP contribution in [-0.4, -0.2) is 33.0 Å². The van der Waals surface area contributed by atoms with Crippen molar-refractivity contribution in [2.75, 3.05) is 11.9 Å². The summed E-state index contributed by atoms with van der Waals surface area (Å²) in [6, 6.07) is 0. The Balaban J connectivity index is 1.88. The first-order valence-electron chi connectivity index (χ1n) is 5.90. The molecule has 0 aromatic carbocycles. The molecule has 0 saturated carbocycles. The van der Waals surface area contributed by atoms with Gasteiger partial charge in [0, 0.05) is 12.2 Å². The summed E-state index contributed by atoms with van der Waals surface area (Å²) in [6.45, 7) is 2.68. The van der Waals surface area contributed by atoms with Crippen LogP contribution in [0.15, 0.2) is 12.5 Å². The number of aryl methyl sites for hydroxylation is 2. The Kier molecular flexibility index (Phi) is 4.46. The summed E-state index contributed by atoms with van der Waals surface area (Å²) in [4.78, 5) is 18.7. The third kappa shape index (κ3) is 3.29. The van der Waals surface area contributed by atoms with Crippen molar-refractivity contribution in [3.63, 3.8) is 0 Å². The van der Waals surface area contributed by atoms with E-state index < -0.39 is 0 Å². The minimum Gasteiger partial charge on any atom is -0.369 e. The number of aromatic amines is 1. The van der Waals surface area contributed by atoms with E-state index in [2.05, 4.69) is 25.5 Å². The van der Waals surface area contributed by atoms with Gasteiger partial charge in [-0.25, -0.2) is 9.97 Å². The van der Waals surface area contributed by atoms with Crippen LogP contribution in [0.4, 0.5) is 5.82 Å². The molecule has 100 valence electrons. The van der Waals surface area contributed by atoms with Crippen molar-refractivity contribution in [3.8, 4) is 0 Å². The second-order valence-corrected chi connectivity index (χ2v) is 4.45. The van der Waals surface area contributed by atoms with Crippen LogP contribution in [0, 0.1) is 6.92 Å². The third-order valence-electron chi connectivity index (χ3n) is 2.80. The highest BCUT2D eigenvalue weighted by molar-refractivity contribution is 6.32. The molecule has 19 heavy (non-hydrogen) atoms. The number of hydrogen-bond acceptors (Lipinski definition) is 5. The Morgan fingerprint density at radius 2 is 2.32 bits per heavy atom. The van der Waals surface area contributed by atoms with Crippen LogP contribution in [0.5, 0.6) is 0 Å². The number of nitrogens with zero attached hydrogens (tertiary/aromatic N) is 3. The summed E-state index contributed by atoms with van der Waals surface area (Å²) in [5, 5.41) is 10.1. The molecule has 0 aliphatic heterocycles. The van der Waals surface area contributed by atoms with Crippen LogP contribution in [0.25, 0.3) is 0 Å². The summed E-state index contributed by atoms with van der Waals surface area (Å²) >= 11 is 5.81. The number of nitrogens with one attached hydrogen (secondary N) is 2. The van der Waals surface area contributed by atoms with Crippen LogP contribution < -0.4 is 5.32 Å². The van der Waals surface area contributed by atoms with Gasteiger partial charge in [-0.15, -0.1) is 0 Å². The molecule has 0 saturated heterocycles. The molecule has 0 spiro atoms. The highest BCUT2D eigenvalue weighted by Crippen LogP contribution is 2.17. The topological polar surface area (TPSA) is 83.6 Å². The van der Waals surface area contributed by atoms with Crippen molar-refractivity contribution < 1.29 is 4.79 Å². The first-order chi connectivity index (χ1) is 9.22. The molecule has 2 N–H and O–H groups in total. The van der Waals surface area contributed by atoms with Crippen molar-refractivity contribution in [2.45, 2.75) is 19.8 Å².